The average Bonchev–Trinajstić information content (AvgIpc) is 2.44. The highest BCUT2D eigenvalue weighted by Gasteiger charge is 2.45. The fraction of sp³-hybridized carbons (Fsp3) is 0.667. The summed E-state index contributed by atoms with van der Waals surface area (Å²) in [6.07, 6.45) is 2.96. The van der Waals surface area contributed by atoms with E-state index in [0.717, 1.165) is 19.3 Å². The molecule has 0 spiro atoms. The van der Waals surface area contributed by atoms with Gasteiger partial charge in [0.25, 0.3) is 0 Å². The molecule has 6 nitrogen and oxygen atoms in total. The predicted octanol–water partition coefficient (Wildman–Crippen LogP) is -0.438. The van der Waals surface area contributed by atoms with Crippen LogP contribution in [0.25, 0.3) is 0 Å². The normalized spacial score (nSPS) is 18.5. The highest BCUT2D eigenvalue weighted by atomic mass is 16.5. The van der Waals surface area contributed by atoms with Crippen molar-refractivity contribution in [2.45, 2.75) is 45.4 Å². The standard InChI is InChI=1S/C15H22O6/c1-3-21-12(16)9-15(14(19)20,10(2)13(17)18)11-7-5-4-6-8-11/h11H,2-9H2,1H3,(H,17,18)(H,19,20)/p-2. The maximum atomic E-state index is 11.8. The molecule has 0 aromatic rings. The molecule has 0 saturated heterocycles. The van der Waals surface area contributed by atoms with Crippen molar-refractivity contribution in [3.05, 3.63) is 12.2 Å². The fourth-order valence-electron chi connectivity index (χ4n) is 3.08. The summed E-state index contributed by atoms with van der Waals surface area (Å²) in [6, 6.07) is 0. The molecule has 0 radical (unpaired) electrons. The number of carboxylic acid groups (broad SMARTS) is 2. The molecule has 1 saturated carbocycles. The number of hydrogen-bond acceptors (Lipinski definition) is 6. The predicted molar refractivity (Wildman–Crippen MR) is 69.4 cm³/mol. The highest BCUT2D eigenvalue weighted by molar-refractivity contribution is 5.97. The zero-order valence-corrected chi connectivity index (χ0v) is 12.2. The summed E-state index contributed by atoms with van der Waals surface area (Å²) in [5, 5.41) is 22.9. The molecule has 118 valence electrons. The van der Waals surface area contributed by atoms with Gasteiger partial charge in [0.15, 0.2) is 0 Å². The van der Waals surface area contributed by atoms with Gasteiger partial charge in [-0.05, 0) is 31.3 Å². The number of aliphatic carboxylic acids is 2. The lowest BCUT2D eigenvalue weighted by Gasteiger charge is -2.44. The summed E-state index contributed by atoms with van der Waals surface area (Å²) in [5.41, 5.74) is -2.56. The van der Waals surface area contributed by atoms with E-state index < -0.39 is 41.2 Å². The van der Waals surface area contributed by atoms with Crippen LogP contribution < -0.4 is 10.2 Å². The Balaban J connectivity index is 3.20. The summed E-state index contributed by atoms with van der Waals surface area (Å²) >= 11 is 0. The van der Waals surface area contributed by atoms with Gasteiger partial charge in [-0.2, -0.15) is 0 Å². The van der Waals surface area contributed by atoms with E-state index in [-0.39, 0.29) is 6.61 Å². The fourth-order valence-corrected chi connectivity index (χ4v) is 3.08. The van der Waals surface area contributed by atoms with Crippen molar-refractivity contribution < 1.29 is 29.3 Å². The van der Waals surface area contributed by atoms with Gasteiger partial charge in [0.2, 0.25) is 0 Å². The van der Waals surface area contributed by atoms with Crippen LogP contribution in [0, 0.1) is 11.3 Å². The number of carboxylic acids is 2. The third kappa shape index (κ3) is 3.62. The van der Waals surface area contributed by atoms with Crippen LogP contribution in [0.4, 0.5) is 0 Å². The Bertz CT molecular complexity index is 435. The molecule has 0 N–H and O–H groups in total. The summed E-state index contributed by atoms with van der Waals surface area (Å²) in [4.78, 5) is 34.7. The Morgan fingerprint density at radius 1 is 1.19 bits per heavy atom. The van der Waals surface area contributed by atoms with E-state index in [1.807, 2.05) is 0 Å². The number of ether oxygens (including phenoxy) is 1. The van der Waals surface area contributed by atoms with Crippen LogP contribution in [0.15, 0.2) is 12.2 Å². The molecule has 0 aliphatic heterocycles. The van der Waals surface area contributed by atoms with E-state index in [4.69, 9.17) is 4.74 Å². The van der Waals surface area contributed by atoms with Gasteiger partial charge in [-0.25, -0.2) is 0 Å². The number of carbonyl (C=O) groups excluding carboxylic acids is 3. The summed E-state index contributed by atoms with van der Waals surface area (Å²) in [7, 11) is 0. The smallest absolute Gasteiger partial charge is 0.307 e. The van der Waals surface area contributed by atoms with Crippen molar-refractivity contribution in [1.29, 1.82) is 0 Å². The minimum atomic E-state index is -1.95. The van der Waals surface area contributed by atoms with E-state index in [0.29, 0.717) is 12.8 Å². The topological polar surface area (TPSA) is 107 Å². The first-order valence-electron chi connectivity index (χ1n) is 7.14. The second-order valence-electron chi connectivity index (χ2n) is 5.34. The average molecular weight is 296 g/mol. The lowest BCUT2D eigenvalue weighted by Crippen LogP contribution is -2.53. The lowest BCUT2D eigenvalue weighted by molar-refractivity contribution is -0.325. The Morgan fingerprint density at radius 2 is 1.76 bits per heavy atom. The molecule has 1 aliphatic carbocycles. The second-order valence-corrected chi connectivity index (χ2v) is 5.34. The van der Waals surface area contributed by atoms with Crippen molar-refractivity contribution in [3.63, 3.8) is 0 Å². The van der Waals surface area contributed by atoms with Crippen LogP contribution in [0.3, 0.4) is 0 Å². The van der Waals surface area contributed by atoms with Gasteiger partial charge in [-0.15, -0.1) is 0 Å². The molecule has 6 heteroatoms. The molecule has 0 amide bonds. The van der Waals surface area contributed by atoms with Gasteiger partial charge >= 0.3 is 5.97 Å². The molecule has 1 unspecified atom stereocenters. The molecule has 1 atom stereocenters. The minimum absolute atomic E-state index is 0.0877. The van der Waals surface area contributed by atoms with E-state index in [9.17, 15) is 24.6 Å². The number of carbonyl (C=O) groups is 3. The van der Waals surface area contributed by atoms with Crippen LogP contribution in [0.1, 0.15) is 45.4 Å². The van der Waals surface area contributed by atoms with E-state index in [1.165, 1.54) is 0 Å². The first-order chi connectivity index (χ1) is 9.86. The van der Waals surface area contributed by atoms with Crippen LogP contribution in [-0.4, -0.2) is 24.5 Å². The third-order valence-electron chi connectivity index (χ3n) is 4.18. The minimum Gasteiger partial charge on any atom is -0.549 e. The number of hydrogen-bond donors (Lipinski definition) is 0. The third-order valence-corrected chi connectivity index (χ3v) is 4.18. The van der Waals surface area contributed by atoms with Crippen molar-refractivity contribution in [3.8, 4) is 0 Å². The maximum Gasteiger partial charge on any atom is 0.307 e. The SMILES string of the molecule is C=C(C(=O)[O-])C(CC(=O)OCC)(C(=O)[O-])C1CCCCC1. The van der Waals surface area contributed by atoms with Crippen molar-refractivity contribution in [1.82, 2.24) is 0 Å². The van der Waals surface area contributed by atoms with Crippen molar-refractivity contribution >= 4 is 17.9 Å². The Morgan fingerprint density at radius 3 is 2.19 bits per heavy atom. The Labute approximate surface area is 123 Å². The van der Waals surface area contributed by atoms with E-state index in [2.05, 4.69) is 6.58 Å². The molecule has 0 bridgehead atoms. The van der Waals surface area contributed by atoms with Crippen LogP contribution in [-0.2, 0) is 19.1 Å². The Kier molecular flexibility index (Phi) is 5.93. The molecule has 1 rings (SSSR count). The maximum absolute atomic E-state index is 11.8. The van der Waals surface area contributed by atoms with Gasteiger partial charge in [-0.1, -0.05) is 25.8 Å². The number of esters is 1. The second kappa shape index (κ2) is 7.24. The lowest BCUT2D eigenvalue weighted by atomic mass is 9.63. The van der Waals surface area contributed by atoms with Gasteiger partial charge in [0.05, 0.1) is 25.0 Å². The monoisotopic (exact) mass is 296 g/mol. The summed E-state index contributed by atoms with van der Waals surface area (Å²) < 4.78 is 4.78. The highest BCUT2D eigenvalue weighted by Crippen LogP contribution is 2.45. The van der Waals surface area contributed by atoms with Gasteiger partial charge in [-0.3, -0.25) is 4.79 Å². The van der Waals surface area contributed by atoms with Crippen LogP contribution in [0.2, 0.25) is 0 Å². The molecule has 0 aromatic carbocycles. The zero-order chi connectivity index (χ0) is 16.0. The zero-order valence-electron chi connectivity index (χ0n) is 12.2. The number of rotatable bonds is 7. The molecule has 1 fully saturated rings. The van der Waals surface area contributed by atoms with Gasteiger partial charge in [0.1, 0.15) is 0 Å². The Hall–Kier alpha value is -1.85. The first kappa shape index (κ1) is 17.2. The molecule has 1 aliphatic rings. The summed E-state index contributed by atoms with van der Waals surface area (Å²) in [6.45, 7) is 5.02. The van der Waals surface area contributed by atoms with Crippen molar-refractivity contribution in [2.75, 3.05) is 6.61 Å². The van der Waals surface area contributed by atoms with Gasteiger partial charge in [0, 0.05) is 5.41 Å². The molecule has 21 heavy (non-hydrogen) atoms. The molecular formula is C15H20O6-2. The molecule has 0 aromatic heterocycles. The quantitative estimate of drug-likeness (QED) is 0.466. The van der Waals surface area contributed by atoms with Crippen LogP contribution in [0.5, 0.6) is 0 Å². The molecular weight excluding hydrogens is 276 g/mol. The van der Waals surface area contributed by atoms with Crippen molar-refractivity contribution in [2.24, 2.45) is 11.3 Å². The van der Waals surface area contributed by atoms with E-state index >= 15 is 0 Å². The van der Waals surface area contributed by atoms with Gasteiger partial charge < -0.3 is 24.5 Å². The molecule has 0 heterocycles. The van der Waals surface area contributed by atoms with E-state index in [1.54, 1.807) is 6.92 Å². The van der Waals surface area contributed by atoms with Crippen LogP contribution >= 0.6 is 0 Å². The first-order valence-corrected chi connectivity index (χ1v) is 7.14. The summed E-state index contributed by atoms with van der Waals surface area (Å²) in [5.74, 6) is -4.55. The largest absolute Gasteiger partial charge is 0.549 e.